The summed E-state index contributed by atoms with van der Waals surface area (Å²) in [7, 11) is 0. The SMILES string of the molecule is O=C1OC(=O)c2c1c(F)c(F)c(F)c2C(c1c(F)c(F)c(F)c2c1C(=O)OC2=O)(C(F)(F)F)C(F)(F)F. The number of alkyl halides is 6. The maximum Gasteiger partial charge on any atom is 0.411 e. The van der Waals surface area contributed by atoms with Crippen LogP contribution in [0.2, 0.25) is 0 Å². The number of hydrogen-bond acceptors (Lipinski definition) is 6. The highest BCUT2D eigenvalue weighted by Gasteiger charge is 2.77. The van der Waals surface area contributed by atoms with E-state index in [2.05, 4.69) is 9.47 Å². The van der Waals surface area contributed by atoms with Crippen LogP contribution < -0.4 is 0 Å². The minimum absolute atomic E-state index is 2.30. The molecule has 2 aromatic carbocycles. The van der Waals surface area contributed by atoms with Crippen LogP contribution >= 0.6 is 0 Å². The van der Waals surface area contributed by atoms with E-state index in [9.17, 15) is 71.9 Å². The molecule has 0 bridgehead atoms. The quantitative estimate of drug-likeness (QED) is 0.235. The Morgan fingerprint density at radius 1 is 0.405 bits per heavy atom. The fraction of sp³-hybridized carbons (Fsp3) is 0.158. The summed E-state index contributed by atoms with van der Waals surface area (Å²) >= 11 is 0. The van der Waals surface area contributed by atoms with Crippen molar-refractivity contribution in [3.63, 3.8) is 0 Å². The van der Waals surface area contributed by atoms with Crippen molar-refractivity contribution < 1.29 is 81.3 Å². The molecule has 0 aromatic heterocycles. The molecule has 0 saturated heterocycles. The molecule has 4 rings (SSSR count). The molecule has 6 nitrogen and oxygen atoms in total. The lowest BCUT2D eigenvalue weighted by atomic mass is 9.68. The van der Waals surface area contributed by atoms with E-state index >= 15 is 0 Å². The molecule has 2 heterocycles. The van der Waals surface area contributed by atoms with Crippen LogP contribution in [-0.4, -0.2) is 36.2 Å². The van der Waals surface area contributed by atoms with Crippen LogP contribution in [0, 0.1) is 34.9 Å². The number of carbonyl (C=O) groups is 4. The highest BCUT2D eigenvalue weighted by atomic mass is 19.4. The van der Waals surface area contributed by atoms with Gasteiger partial charge in [0.25, 0.3) is 0 Å². The molecule has 0 saturated carbocycles. The topological polar surface area (TPSA) is 86.7 Å². The predicted molar refractivity (Wildman–Crippen MR) is 85.0 cm³/mol. The van der Waals surface area contributed by atoms with Crippen LogP contribution in [0.4, 0.5) is 52.7 Å². The highest BCUT2D eigenvalue weighted by molar-refractivity contribution is 6.17. The molecule has 0 atom stereocenters. The van der Waals surface area contributed by atoms with Gasteiger partial charge in [0.2, 0.25) is 5.41 Å². The van der Waals surface area contributed by atoms with Crippen LogP contribution in [0.5, 0.6) is 0 Å². The van der Waals surface area contributed by atoms with Crippen LogP contribution in [0.3, 0.4) is 0 Å². The van der Waals surface area contributed by atoms with Crippen molar-refractivity contribution in [2.24, 2.45) is 0 Å². The number of rotatable bonds is 2. The van der Waals surface area contributed by atoms with Crippen molar-refractivity contribution in [2.75, 3.05) is 0 Å². The summed E-state index contributed by atoms with van der Waals surface area (Å²) in [5, 5.41) is 0. The Morgan fingerprint density at radius 2 is 0.676 bits per heavy atom. The molecule has 37 heavy (non-hydrogen) atoms. The Balaban J connectivity index is 2.43. The van der Waals surface area contributed by atoms with Gasteiger partial charge in [-0.05, 0) is 0 Å². The molecule has 18 heteroatoms. The van der Waals surface area contributed by atoms with Gasteiger partial charge in [-0.3, -0.25) is 0 Å². The number of cyclic esters (lactones) is 4. The summed E-state index contributed by atoms with van der Waals surface area (Å²) in [6.45, 7) is 0. The lowest BCUT2D eigenvalue weighted by molar-refractivity contribution is -0.290. The van der Waals surface area contributed by atoms with Crippen molar-refractivity contribution in [3.05, 3.63) is 68.3 Å². The first-order chi connectivity index (χ1) is 16.8. The molecule has 196 valence electrons. The van der Waals surface area contributed by atoms with Gasteiger partial charge < -0.3 is 9.47 Å². The summed E-state index contributed by atoms with van der Waals surface area (Å²) in [6, 6.07) is 0. The van der Waals surface area contributed by atoms with E-state index < -0.39 is 110 Å². The van der Waals surface area contributed by atoms with Crippen LogP contribution in [0.15, 0.2) is 0 Å². The Bertz CT molecular complexity index is 1380. The number of ether oxygens (including phenoxy) is 2. The van der Waals surface area contributed by atoms with E-state index in [4.69, 9.17) is 0 Å². The monoisotopic (exact) mass is 552 g/mol. The van der Waals surface area contributed by atoms with Crippen LogP contribution in [-0.2, 0) is 14.9 Å². The lowest BCUT2D eigenvalue weighted by Crippen LogP contribution is -2.57. The number of esters is 4. The minimum Gasteiger partial charge on any atom is -0.386 e. The van der Waals surface area contributed by atoms with Crippen molar-refractivity contribution in [2.45, 2.75) is 17.8 Å². The first kappa shape index (κ1) is 26.0. The second kappa shape index (κ2) is 7.45. The average molecular weight is 552 g/mol. The average Bonchev–Trinajstić information content (AvgIpc) is 3.21. The largest absolute Gasteiger partial charge is 0.411 e. The molecule has 2 aliphatic heterocycles. The molecule has 0 spiro atoms. The molecule has 0 fully saturated rings. The Kier molecular flexibility index (Phi) is 5.23. The standard InChI is InChI=1S/C19F12O6/c20-7-3-1(13(32)36-15(3)34)5(9(22)11(7)24)17(18(26,27)28,19(29,30)31)6-2-4(16(35)37-14(2)33)8(21)12(25)10(6)23. The van der Waals surface area contributed by atoms with E-state index in [-0.39, 0.29) is 0 Å². The summed E-state index contributed by atoms with van der Waals surface area (Å²) in [6.07, 6.45) is -14.6. The normalized spacial score (nSPS) is 15.7. The van der Waals surface area contributed by atoms with Crippen LogP contribution in [0.25, 0.3) is 0 Å². The summed E-state index contributed by atoms with van der Waals surface area (Å²) in [5.74, 6) is -29.1. The fourth-order valence-corrected chi connectivity index (χ4v) is 4.04. The van der Waals surface area contributed by atoms with Gasteiger partial charge in [-0.1, -0.05) is 0 Å². The van der Waals surface area contributed by atoms with Gasteiger partial charge in [0.1, 0.15) is 11.1 Å². The van der Waals surface area contributed by atoms with Gasteiger partial charge in [0, 0.05) is 11.1 Å². The van der Waals surface area contributed by atoms with E-state index in [1.54, 1.807) is 0 Å². The molecule has 0 amide bonds. The zero-order chi connectivity index (χ0) is 28.2. The maximum atomic E-state index is 14.9. The zero-order valence-electron chi connectivity index (χ0n) is 16.5. The third-order valence-corrected chi connectivity index (χ3v) is 5.44. The van der Waals surface area contributed by atoms with Crippen molar-refractivity contribution >= 4 is 23.9 Å². The first-order valence-electron chi connectivity index (χ1n) is 8.90. The van der Waals surface area contributed by atoms with E-state index in [0.29, 0.717) is 0 Å². The second-order valence-corrected chi connectivity index (χ2v) is 7.23. The van der Waals surface area contributed by atoms with E-state index in [1.165, 1.54) is 0 Å². The summed E-state index contributed by atoms with van der Waals surface area (Å²) < 4.78 is 181. The molecular weight excluding hydrogens is 552 g/mol. The molecule has 2 aliphatic rings. The summed E-state index contributed by atoms with van der Waals surface area (Å²) in [4.78, 5) is 47.4. The molecule has 0 radical (unpaired) electrons. The van der Waals surface area contributed by atoms with Gasteiger partial charge >= 0.3 is 36.2 Å². The lowest BCUT2D eigenvalue weighted by Gasteiger charge is -2.39. The van der Waals surface area contributed by atoms with E-state index in [1.807, 2.05) is 0 Å². The van der Waals surface area contributed by atoms with Crippen molar-refractivity contribution in [3.8, 4) is 0 Å². The van der Waals surface area contributed by atoms with Gasteiger partial charge in [0.05, 0.1) is 11.1 Å². The number of carbonyl (C=O) groups excluding carboxylic acids is 4. The minimum atomic E-state index is -7.29. The smallest absolute Gasteiger partial charge is 0.386 e. The Hall–Kier alpha value is -4.12. The molecule has 0 N–H and O–H groups in total. The van der Waals surface area contributed by atoms with Crippen LogP contribution in [0.1, 0.15) is 52.6 Å². The molecule has 0 unspecified atom stereocenters. The van der Waals surface area contributed by atoms with Crippen molar-refractivity contribution in [1.82, 2.24) is 0 Å². The number of halogens is 12. The third-order valence-electron chi connectivity index (χ3n) is 5.44. The fourth-order valence-electron chi connectivity index (χ4n) is 4.04. The van der Waals surface area contributed by atoms with Gasteiger partial charge in [0.15, 0.2) is 34.9 Å². The Labute approximate surface area is 192 Å². The number of benzene rings is 2. The predicted octanol–water partition coefficient (Wildman–Crippen LogP) is 4.55. The molecular formula is C19F12O6. The van der Waals surface area contributed by atoms with Gasteiger partial charge in [-0.2, -0.15) is 26.3 Å². The number of fused-ring (bicyclic) bond motifs is 2. The third kappa shape index (κ3) is 2.97. The molecule has 2 aromatic rings. The van der Waals surface area contributed by atoms with E-state index in [0.717, 1.165) is 0 Å². The van der Waals surface area contributed by atoms with Crippen molar-refractivity contribution in [1.29, 1.82) is 0 Å². The molecule has 0 aliphatic carbocycles. The second-order valence-electron chi connectivity index (χ2n) is 7.23. The van der Waals surface area contributed by atoms with Gasteiger partial charge in [-0.15, -0.1) is 0 Å². The maximum absolute atomic E-state index is 14.9. The zero-order valence-corrected chi connectivity index (χ0v) is 16.5. The highest BCUT2D eigenvalue weighted by Crippen LogP contribution is 2.60. The summed E-state index contributed by atoms with van der Waals surface area (Å²) in [5.41, 5.74) is -23.1. The van der Waals surface area contributed by atoms with Gasteiger partial charge in [-0.25, -0.2) is 45.5 Å². The Morgan fingerprint density at radius 3 is 0.946 bits per heavy atom. The number of hydrogen-bond donors (Lipinski definition) is 0. The first-order valence-corrected chi connectivity index (χ1v) is 8.90.